The van der Waals surface area contributed by atoms with Crippen molar-refractivity contribution >= 4 is 39.9 Å². The molecular weight excluding hydrogens is 555 g/mol. The van der Waals surface area contributed by atoms with E-state index in [1.807, 2.05) is 53.8 Å². The molecule has 1 atom stereocenters. The molecule has 1 aliphatic heterocycles. The number of hydrogen-bond acceptors (Lipinski definition) is 3. The monoisotopic (exact) mass is 584 g/mol. The first-order valence-electron chi connectivity index (χ1n) is 11.9. The zero-order valence-corrected chi connectivity index (χ0v) is 22.0. The Morgan fingerprint density at radius 1 is 1.17 bits per heavy atom. The Labute approximate surface area is 219 Å². The number of nitrogens with zero attached hydrogens (tertiary/aromatic N) is 5. The minimum Gasteiger partial charge on any atom is -0.329 e. The van der Waals surface area contributed by atoms with Crippen LogP contribution in [0.15, 0.2) is 55.0 Å². The van der Waals surface area contributed by atoms with Gasteiger partial charge in [-0.15, -0.1) is 0 Å². The van der Waals surface area contributed by atoms with Gasteiger partial charge in [-0.3, -0.25) is 9.69 Å². The minimum atomic E-state index is -0.540. The predicted octanol–water partition coefficient (Wildman–Crippen LogP) is 5.96. The van der Waals surface area contributed by atoms with Crippen molar-refractivity contribution in [1.82, 2.24) is 14.5 Å². The zero-order valence-electron chi connectivity index (χ0n) is 19.8. The highest BCUT2D eigenvalue weighted by Gasteiger charge is 2.33. The Balaban J connectivity index is 1.52. The third kappa shape index (κ3) is 6.27. The summed E-state index contributed by atoms with van der Waals surface area (Å²) in [6.45, 7) is 11.0. The number of anilines is 1. The molecule has 1 fully saturated rings. The van der Waals surface area contributed by atoms with Gasteiger partial charge >= 0.3 is 0 Å². The van der Waals surface area contributed by atoms with Gasteiger partial charge in [0.05, 0.1) is 25.1 Å². The topological polar surface area (TPSA) is 45.7 Å². The highest BCUT2D eigenvalue weighted by atomic mass is 127. The summed E-state index contributed by atoms with van der Waals surface area (Å²) >= 11 is 2.18. The molecular formula is C27H29FIN5O. The first-order chi connectivity index (χ1) is 17.0. The van der Waals surface area contributed by atoms with E-state index in [2.05, 4.69) is 48.8 Å². The SMILES string of the molecule is [C-]#[N+]c1ccc(Cn2cncc2CN2CC(=O)N(c3cc(I)cc(CF)c3)C[C@@H]2CCC[11CH3])cc1. The average Bonchev–Trinajstić information content (AvgIpc) is 3.29. The summed E-state index contributed by atoms with van der Waals surface area (Å²) in [6, 6.07) is 13.4. The number of rotatable bonds is 9. The summed E-state index contributed by atoms with van der Waals surface area (Å²) < 4.78 is 16.4. The van der Waals surface area contributed by atoms with Crippen LogP contribution < -0.4 is 4.90 Å². The van der Waals surface area contributed by atoms with Crippen molar-refractivity contribution in [2.45, 2.75) is 52.0 Å². The Hall–Kier alpha value is -2.77. The summed E-state index contributed by atoms with van der Waals surface area (Å²) in [6.07, 6.45) is 6.85. The van der Waals surface area contributed by atoms with Gasteiger partial charge in [-0.2, -0.15) is 0 Å². The van der Waals surface area contributed by atoms with Crippen LogP contribution in [-0.4, -0.2) is 39.5 Å². The van der Waals surface area contributed by atoms with Crippen LogP contribution in [0.4, 0.5) is 15.8 Å². The van der Waals surface area contributed by atoms with Gasteiger partial charge in [-0.1, -0.05) is 44.0 Å². The Morgan fingerprint density at radius 2 is 1.97 bits per heavy atom. The van der Waals surface area contributed by atoms with Crippen molar-refractivity contribution in [3.63, 3.8) is 0 Å². The molecule has 1 amide bonds. The van der Waals surface area contributed by atoms with E-state index in [9.17, 15) is 9.18 Å². The van der Waals surface area contributed by atoms with Gasteiger partial charge in [0.25, 0.3) is 0 Å². The van der Waals surface area contributed by atoms with E-state index in [1.54, 1.807) is 6.07 Å². The summed E-state index contributed by atoms with van der Waals surface area (Å²) in [5, 5.41) is 0. The first-order valence-corrected chi connectivity index (χ1v) is 12.9. The summed E-state index contributed by atoms with van der Waals surface area (Å²) in [4.78, 5) is 25.2. The van der Waals surface area contributed by atoms with Crippen LogP contribution in [0.5, 0.6) is 0 Å². The third-order valence-electron chi connectivity index (χ3n) is 6.43. The Bertz CT molecular complexity index is 1200. The predicted molar refractivity (Wildman–Crippen MR) is 144 cm³/mol. The van der Waals surface area contributed by atoms with Crippen LogP contribution >= 0.6 is 22.6 Å². The second-order valence-corrected chi connectivity index (χ2v) is 10.2. The van der Waals surface area contributed by atoms with Crippen LogP contribution in [0.3, 0.4) is 0 Å². The lowest BCUT2D eigenvalue weighted by molar-refractivity contribution is -0.122. The molecule has 182 valence electrons. The largest absolute Gasteiger partial charge is 0.329 e. The molecule has 1 saturated heterocycles. The molecule has 3 aromatic rings. The molecule has 0 unspecified atom stereocenters. The van der Waals surface area contributed by atoms with Gasteiger partial charge in [0.1, 0.15) is 6.67 Å². The lowest BCUT2D eigenvalue weighted by Gasteiger charge is -2.41. The highest BCUT2D eigenvalue weighted by Crippen LogP contribution is 2.27. The number of unbranched alkanes of at least 4 members (excludes halogenated alkanes) is 1. The maximum absolute atomic E-state index is 13.4. The molecule has 35 heavy (non-hydrogen) atoms. The number of halogens is 2. The van der Waals surface area contributed by atoms with Gasteiger partial charge in [0.2, 0.25) is 5.91 Å². The van der Waals surface area contributed by atoms with E-state index in [-0.39, 0.29) is 11.9 Å². The molecule has 0 saturated carbocycles. The van der Waals surface area contributed by atoms with Crippen LogP contribution in [0, 0.1) is 10.1 Å². The van der Waals surface area contributed by atoms with Crippen molar-refractivity contribution in [3.8, 4) is 0 Å². The van der Waals surface area contributed by atoms with Crippen molar-refractivity contribution in [1.29, 1.82) is 0 Å². The molecule has 1 aliphatic rings. The van der Waals surface area contributed by atoms with Crippen molar-refractivity contribution in [2.75, 3.05) is 18.0 Å². The number of carbonyl (C=O) groups excluding carboxylic acids is 1. The molecule has 6 nitrogen and oxygen atoms in total. The summed E-state index contributed by atoms with van der Waals surface area (Å²) in [7, 11) is 0. The van der Waals surface area contributed by atoms with Crippen molar-refractivity contribution < 1.29 is 9.18 Å². The first kappa shape index (κ1) is 25.3. The fourth-order valence-corrected chi connectivity index (χ4v) is 5.25. The lowest BCUT2D eigenvalue weighted by Crippen LogP contribution is -2.56. The van der Waals surface area contributed by atoms with Crippen molar-refractivity contribution in [3.05, 3.63) is 86.8 Å². The summed E-state index contributed by atoms with van der Waals surface area (Å²) in [5.41, 5.74) is 4.16. The number of alkyl halides is 1. The quantitative estimate of drug-likeness (QED) is 0.230. The van der Waals surface area contributed by atoms with Crippen LogP contribution in [-0.2, 0) is 24.6 Å². The molecule has 8 heteroatoms. The van der Waals surface area contributed by atoms with E-state index in [1.165, 1.54) is 0 Å². The van der Waals surface area contributed by atoms with Crippen LogP contribution in [0.25, 0.3) is 4.85 Å². The standard InChI is InChI=1S/C27H29FIN5O/c1-3-4-5-24-17-34(25-11-21(13-28)10-22(29)12-25)27(35)18-32(24)16-26-14-31-19-33(26)15-20-6-8-23(30-2)9-7-20/h6-12,14,19,24H,3-5,13,15-18H2,1H3/t24-/m0/s1/i1-1. The van der Waals surface area contributed by atoms with E-state index < -0.39 is 6.67 Å². The highest BCUT2D eigenvalue weighted by molar-refractivity contribution is 14.1. The number of amides is 1. The second-order valence-electron chi connectivity index (χ2n) is 8.95. The molecule has 0 bridgehead atoms. The van der Waals surface area contributed by atoms with E-state index in [4.69, 9.17) is 6.57 Å². The Morgan fingerprint density at radius 3 is 2.69 bits per heavy atom. The maximum Gasteiger partial charge on any atom is 0.241 e. The van der Waals surface area contributed by atoms with Crippen molar-refractivity contribution in [2.24, 2.45) is 0 Å². The zero-order chi connectivity index (χ0) is 24.8. The van der Waals surface area contributed by atoms with Gasteiger partial charge < -0.3 is 9.47 Å². The summed E-state index contributed by atoms with van der Waals surface area (Å²) in [5.74, 6) is 0.0327. The van der Waals surface area contributed by atoms with E-state index >= 15 is 0 Å². The number of aromatic nitrogens is 2. The fourth-order valence-electron chi connectivity index (χ4n) is 4.53. The van der Waals surface area contributed by atoms with Gasteiger partial charge in [0.15, 0.2) is 5.69 Å². The number of piperazine rings is 1. The maximum atomic E-state index is 13.4. The fraction of sp³-hybridized carbons (Fsp3) is 0.370. The molecule has 0 aliphatic carbocycles. The lowest BCUT2D eigenvalue weighted by atomic mass is 9.99. The second kappa shape index (κ2) is 11.8. The van der Waals surface area contributed by atoms with Crippen LogP contribution in [0.2, 0.25) is 0 Å². The van der Waals surface area contributed by atoms with E-state index in [0.717, 1.165) is 39.8 Å². The van der Waals surface area contributed by atoms with Gasteiger partial charge in [-0.25, -0.2) is 14.2 Å². The molecule has 0 spiro atoms. The molecule has 2 heterocycles. The number of imidazole rings is 1. The smallest absolute Gasteiger partial charge is 0.241 e. The molecule has 4 rings (SSSR count). The van der Waals surface area contributed by atoms with Crippen LogP contribution in [0.1, 0.15) is 43.0 Å². The Kier molecular flexibility index (Phi) is 8.52. The molecule has 1 aromatic heterocycles. The third-order valence-corrected chi connectivity index (χ3v) is 7.05. The average molecular weight is 584 g/mol. The number of benzene rings is 2. The molecule has 0 N–H and O–H groups in total. The number of hydrogen-bond donors (Lipinski definition) is 0. The van der Waals surface area contributed by atoms with Gasteiger partial charge in [-0.05, 0) is 58.3 Å². The normalized spacial score (nSPS) is 16.5. The minimum absolute atomic E-state index is 0.0327. The van der Waals surface area contributed by atoms with Gasteiger partial charge in [0, 0.05) is 41.1 Å². The molecule has 2 aromatic carbocycles. The van der Waals surface area contributed by atoms with E-state index in [0.29, 0.717) is 37.4 Å². The molecule has 0 radical (unpaired) electrons. The number of carbonyl (C=O) groups is 1.